The minimum atomic E-state index is -0.513. The molecule has 5 rings (SSSR count). The minimum Gasteiger partial charge on any atom is -0.444 e. The number of carbonyl (C=O) groups is 2. The molecule has 3 fully saturated rings. The zero-order valence-electron chi connectivity index (χ0n) is 19.9. The van der Waals surface area contributed by atoms with Gasteiger partial charge in [-0.1, -0.05) is 35.5 Å². The van der Waals surface area contributed by atoms with Crippen LogP contribution in [0.15, 0.2) is 40.9 Å². The van der Waals surface area contributed by atoms with Gasteiger partial charge in [0.25, 0.3) is 0 Å². The second-order valence-corrected chi connectivity index (χ2v) is 10.4. The Hall–Kier alpha value is -3.07. The van der Waals surface area contributed by atoms with Crippen molar-refractivity contribution in [2.24, 2.45) is 0 Å². The fraction of sp³-hybridized carbons (Fsp3) is 0.560. The normalized spacial score (nSPS) is 26.4. The van der Waals surface area contributed by atoms with E-state index in [0.29, 0.717) is 13.2 Å². The Morgan fingerprint density at radius 2 is 1.97 bits per heavy atom. The van der Waals surface area contributed by atoms with Crippen LogP contribution in [0.3, 0.4) is 0 Å². The molecule has 1 aromatic carbocycles. The summed E-state index contributed by atoms with van der Waals surface area (Å²) in [7, 11) is 0. The Morgan fingerprint density at radius 1 is 1.21 bits per heavy atom. The highest BCUT2D eigenvalue weighted by Gasteiger charge is 2.47. The van der Waals surface area contributed by atoms with Crippen molar-refractivity contribution in [1.29, 1.82) is 0 Å². The zero-order chi connectivity index (χ0) is 23.9. The molecule has 3 aliphatic rings. The lowest BCUT2D eigenvalue weighted by atomic mass is 9.78. The Balaban J connectivity index is 1.15. The van der Waals surface area contributed by atoms with Crippen LogP contribution in [0.1, 0.15) is 75.4 Å². The molecule has 2 atom stereocenters. The summed E-state index contributed by atoms with van der Waals surface area (Å²) in [5.74, 6) is 1.01. The molecule has 34 heavy (non-hydrogen) atoms. The van der Waals surface area contributed by atoms with Crippen LogP contribution in [-0.2, 0) is 16.2 Å². The summed E-state index contributed by atoms with van der Waals surface area (Å²) in [5.41, 5.74) is 1.31. The van der Waals surface area contributed by atoms with Crippen molar-refractivity contribution in [3.05, 3.63) is 53.4 Å². The number of piperidine rings is 1. The van der Waals surface area contributed by atoms with E-state index in [1.165, 1.54) is 5.06 Å². The first kappa shape index (κ1) is 22.7. The van der Waals surface area contributed by atoms with E-state index in [4.69, 9.17) is 14.1 Å². The largest absolute Gasteiger partial charge is 0.444 e. The predicted octanol–water partition coefficient (Wildman–Crippen LogP) is 4.52. The molecule has 2 aliphatic heterocycles. The molecule has 0 radical (unpaired) electrons. The van der Waals surface area contributed by atoms with Crippen molar-refractivity contribution in [1.82, 2.24) is 20.4 Å². The number of ether oxygens (including phenoxy) is 1. The smallest absolute Gasteiger partial charge is 0.407 e. The number of nitrogens with one attached hydrogen (secondary N) is 1. The van der Waals surface area contributed by atoms with E-state index in [2.05, 4.69) is 10.5 Å². The van der Waals surface area contributed by atoms with Gasteiger partial charge in [0.15, 0.2) is 0 Å². The van der Waals surface area contributed by atoms with Gasteiger partial charge in [0.1, 0.15) is 23.7 Å². The van der Waals surface area contributed by atoms with E-state index < -0.39 is 11.7 Å². The van der Waals surface area contributed by atoms with Gasteiger partial charge in [-0.05, 0) is 52.0 Å². The summed E-state index contributed by atoms with van der Waals surface area (Å²) in [6.07, 6.45) is 2.85. The summed E-state index contributed by atoms with van der Waals surface area (Å²) in [6.45, 7) is 6.54. The molecule has 182 valence electrons. The fourth-order valence-electron chi connectivity index (χ4n) is 4.92. The molecule has 3 amide bonds. The molecule has 1 aliphatic carbocycles. The highest BCUT2D eigenvalue weighted by Crippen LogP contribution is 2.41. The lowest BCUT2D eigenvalue weighted by Crippen LogP contribution is -2.45. The number of nitrogens with zero attached hydrogens (tertiary/aromatic N) is 3. The lowest BCUT2D eigenvalue weighted by Gasteiger charge is -2.34. The average Bonchev–Trinajstić information content (AvgIpc) is 3.33. The topological polar surface area (TPSA) is 97.1 Å². The number of aromatic nitrogens is 1. The molecule has 2 saturated heterocycles. The summed E-state index contributed by atoms with van der Waals surface area (Å²) in [5, 5.41) is 8.74. The molecule has 1 saturated carbocycles. The predicted molar refractivity (Wildman–Crippen MR) is 123 cm³/mol. The maximum Gasteiger partial charge on any atom is 0.407 e. The van der Waals surface area contributed by atoms with Crippen LogP contribution < -0.4 is 5.32 Å². The Kier molecular flexibility index (Phi) is 5.97. The van der Waals surface area contributed by atoms with Gasteiger partial charge in [-0.15, -0.1) is 0 Å². The van der Waals surface area contributed by atoms with Gasteiger partial charge in [-0.2, -0.15) is 5.06 Å². The number of fused-ring (bicyclic) bond motifs is 2. The van der Waals surface area contributed by atoms with Crippen LogP contribution in [0, 0.1) is 0 Å². The van der Waals surface area contributed by atoms with E-state index in [-0.39, 0.29) is 30.1 Å². The van der Waals surface area contributed by atoms with E-state index >= 15 is 0 Å². The number of hydrogen-bond acceptors (Lipinski definition) is 6. The van der Waals surface area contributed by atoms with Gasteiger partial charge in [-0.25, -0.2) is 9.59 Å². The van der Waals surface area contributed by atoms with Crippen molar-refractivity contribution in [3.63, 3.8) is 0 Å². The maximum atomic E-state index is 13.1. The number of amides is 3. The van der Waals surface area contributed by atoms with Gasteiger partial charge < -0.3 is 19.5 Å². The van der Waals surface area contributed by atoms with Crippen LogP contribution >= 0.6 is 0 Å². The Morgan fingerprint density at radius 3 is 2.71 bits per heavy atom. The van der Waals surface area contributed by atoms with E-state index in [9.17, 15) is 9.59 Å². The molecule has 2 aromatic rings. The summed E-state index contributed by atoms with van der Waals surface area (Å²) in [4.78, 5) is 32.8. The molecule has 0 spiro atoms. The van der Waals surface area contributed by atoms with Crippen LogP contribution in [0.5, 0.6) is 0 Å². The quantitative estimate of drug-likeness (QED) is 0.670. The van der Waals surface area contributed by atoms with Gasteiger partial charge in [0.2, 0.25) is 0 Å². The second kappa shape index (κ2) is 8.94. The number of rotatable bonds is 6. The van der Waals surface area contributed by atoms with E-state index in [1.807, 2.05) is 62.1 Å². The number of alkyl carbamates (subject to hydrolysis) is 1. The minimum absolute atomic E-state index is 0.0603. The molecule has 3 heterocycles. The van der Waals surface area contributed by atoms with Gasteiger partial charge in [0.05, 0.1) is 12.1 Å². The molecule has 9 nitrogen and oxygen atoms in total. The number of benzene rings is 1. The third-order valence-corrected chi connectivity index (χ3v) is 6.69. The number of carbonyl (C=O) groups excluding carboxylic acids is 2. The third kappa shape index (κ3) is 4.75. The van der Waals surface area contributed by atoms with Crippen molar-refractivity contribution >= 4 is 12.1 Å². The lowest BCUT2D eigenvalue weighted by molar-refractivity contribution is -0.140. The summed E-state index contributed by atoms with van der Waals surface area (Å²) < 4.78 is 11.0. The number of urea groups is 1. The third-order valence-electron chi connectivity index (χ3n) is 6.69. The van der Waals surface area contributed by atoms with Crippen molar-refractivity contribution < 1.29 is 23.7 Å². The molecule has 2 bridgehead atoms. The SMILES string of the molecule is CC(C)(C)OC(=O)NC1CC(c2cc(C3CCC4CN3C(=O)N4OCc3ccccc3)no2)C1. The fourth-order valence-corrected chi connectivity index (χ4v) is 4.92. The van der Waals surface area contributed by atoms with Gasteiger partial charge in [0, 0.05) is 24.6 Å². The average molecular weight is 469 g/mol. The van der Waals surface area contributed by atoms with Crippen molar-refractivity contribution in [3.8, 4) is 0 Å². The van der Waals surface area contributed by atoms with Gasteiger partial charge in [-0.3, -0.25) is 4.84 Å². The highest BCUT2D eigenvalue weighted by molar-refractivity contribution is 5.77. The van der Waals surface area contributed by atoms with Crippen LogP contribution in [-0.4, -0.2) is 51.5 Å². The van der Waals surface area contributed by atoms with Crippen molar-refractivity contribution in [2.75, 3.05) is 6.54 Å². The first-order valence-corrected chi connectivity index (χ1v) is 12.0. The van der Waals surface area contributed by atoms with Gasteiger partial charge >= 0.3 is 12.1 Å². The number of hydroxylamine groups is 2. The van der Waals surface area contributed by atoms with E-state index in [0.717, 1.165) is 42.7 Å². The first-order valence-electron chi connectivity index (χ1n) is 12.0. The molecule has 1 aromatic heterocycles. The summed E-state index contributed by atoms with van der Waals surface area (Å²) >= 11 is 0. The second-order valence-electron chi connectivity index (χ2n) is 10.4. The van der Waals surface area contributed by atoms with Crippen LogP contribution in [0.4, 0.5) is 9.59 Å². The monoisotopic (exact) mass is 468 g/mol. The molecule has 2 unspecified atom stereocenters. The van der Waals surface area contributed by atoms with Crippen molar-refractivity contribution in [2.45, 2.75) is 82.7 Å². The van der Waals surface area contributed by atoms with Crippen LogP contribution in [0.2, 0.25) is 0 Å². The standard InChI is InChI=1S/C25H32N4O5/c1-25(2,3)33-23(30)26-18-11-17(12-18)22-13-20(27-34-22)21-10-9-19-14-28(21)24(31)29(19)32-15-16-7-5-4-6-8-16/h4-8,13,17-19,21H,9-12,14-15H2,1-3H3,(H,26,30). The molecular formula is C25H32N4O5. The Bertz CT molecular complexity index is 1030. The summed E-state index contributed by atoms with van der Waals surface area (Å²) in [6, 6.07) is 11.7. The number of hydrogen-bond donors (Lipinski definition) is 1. The Labute approximate surface area is 199 Å². The molecular weight excluding hydrogens is 436 g/mol. The molecule has 1 N–H and O–H groups in total. The maximum absolute atomic E-state index is 13.1. The zero-order valence-corrected chi connectivity index (χ0v) is 19.9. The first-order chi connectivity index (χ1) is 16.3. The highest BCUT2D eigenvalue weighted by atomic mass is 16.7. The van der Waals surface area contributed by atoms with Crippen LogP contribution in [0.25, 0.3) is 0 Å². The van der Waals surface area contributed by atoms with E-state index in [1.54, 1.807) is 0 Å². The molecule has 9 heteroatoms.